The second kappa shape index (κ2) is 6.83. The number of nitrogens with two attached hydrogens (primary N) is 1. The predicted molar refractivity (Wildman–Crippen MR) is 93.9 cm³/mol. The van der Waals surface area contributed by atoms with Crippen molar-refractivity contribution in [3.8, 4) is 0 Å². The smallest absolute Gasteiger partial charge is 0.263 e. The minimum absolute atomic E-state index is 0.0796. The third-order valence-electron chi connectivity index (χ3n) is 2.85. The molecule has 0 saturated carbocycles. The van der Waals surface area contributed by atoms with Crippen molar-refractivity contribution in [2.45, 2.75) is 19.9 Å². The van der Waals surface area contributed by atoms with Crippen LogP contribution in [0.2, 0.25) is 0 Å². The largest absolute Gasteiger partial charge is 0.397 e. The summed E-state index contributed by atoms with van der Waals surface area (Å²) < 4.78 is 2.02. The van der Waals surface area contributed by atoms with Crippen LogP contribution in [-0.4, -0.2) is 23.5 Å². The van der Waals surface area contributed by atoms with Crippen LogP contribution in [0.5, 0.6) is 0 Å². The van der Waals surface area contributed by atoms with Crippen LogP contribution in [0.3, 0.4) is 0 Å². The van der Waals surface area contributed by atoms with Gasteiger partial charge in [0.2, 0.25) is 0 Å². The first-order valence-corrected chi connectivity index (χ1v) is 9.15. The topological polar surface area (TPSA) is 55.1 Å². The van der Waals surface area contributed by atoms with E-state index in [1.54, 1.807) is 0 Å². The maximum Gasteiger partial charge on any atom is 0.263 e. The van der Waals surface area contributed by atoms with E-state index in [9.17, 15) is 4.79 Å². The molecule has 1 amide bonds. The average molecular weight is 373 g/mol. The van der Waals surface area contributed by atoms with Crippen molar-refractivity contribution in [1.29, 1.82) is 0 Å². The van der Waals surface area contributed by atoms with Gasteiger partial charge in [-0.25, -0.2) is 0 Å². The molecule has 1 aromatic carbocycles. The highest BCUT2D eigenvalue weighted by Crippen LogP contribution is 2.35. The van der Waals surface area contributed by atoms with Crippen molar-refractivity contribution in [3.63, 3.8) is 0 Å². The second-order valence-corrected chi connectivity index (χ2v) is 7.81. The number of nitrogen functional groups attached to an aromatic ring is 1. The van der Waals surface area contributed by atoms with Gasteiger partial charge in [-0.15, -0.1) is 11.3 Å². The number of carbonyl (C=O) groups is 1. The molecule has 0 aliphatic carbocycles. The first-order chi connectivity index (χ1) is 9.52. The molecule has 1 heterocycles. The fourth-order valence-electron chi connectivity index (χ4n) is 1.88. The molecule has 1 aromatic heterocycles. The van der Waals surface area contributed by atoms with Crippen molar-refractivity contribution in [2.24, 2.45) is 0 Å². The van der Waals surface area contributed by atoms with Crippen LogP contribution in [0, 0.1) is 0 Å². The van der Waals surface area contributed by atoms with Crippen LogP contribution in [0.25, 0.3) is 10.1 Å². The number of hydrogen-bond acceptors (Lipinski definition) is 4. The summed E-state index contributed by atoms with van der Waals surface area (Å²) in [6.45, 7) is 4.13. The first-order valence-electron chi connectivity index (χ1n) is 6.39. The molecule has 0 aliphatic rings. The number of thioether (sulfide) groups is 1. The van der Waals surface area contributed by atoms with Crippen molar-refractivity contribution >= 4 is 60.7 Å². The summed E-state index contributed by atoms with van der Waals surface area (Å²) >= 11 is 6.69. The number of hydrogen-bond donors (Lipinski definition) is 2. The van der Waals surface area contributed by atoms with Crippen LogP contribution in [-0.2, 0) is 0 Å². The quantitative estimate of drug-likeness (QED) is 0.829. The van der Waals surface area contributed by atoms with Crippen LogP contribution in [0.1, 0.15) is 23.5 Å². The van der Waals surface area contributed by atoms with Gasteiger partial charge in [-0.3, -0.25) is 4.79 Å². The Morgan fingerprint density at radius 3 is 3.00 bits per heavy atom. The number of benzene rings is 1. The molecule has 3 nitrogen and oxygen atoms in total. The maximum absolute atomic E-state index is 12.3. The van der Waals surface area contributed by atoms with Crippen LogP contribution < -0.4 is 11.1 Å². The summed E-state index contributed by atoms with van der Waals surface area (Å²) in [5.74, 6) is 1.89. The third kappa shape index (κ3) is 3.48. The number of carbonyl (C=O) groups excluding carboxylic acids is 1. The number of fused-ring (bicyclic) bond motifs is 1. The SMILES string of the molecule is CCSCC(C)NC(=O)c1sc2cc(Br)ccc2c1N. The minimum atomic E-state index is -0.0796. The normalized spacial score (nSPS) is 12.6. The lowest BCUT2D eigenvalue weighted by Gasteiger charge is -2.12. The highest BCUT2D eigenvalue weighted by Gasteiger charge is 2.17. The van der Waals surface area contributed by atoms with Crippen molar-refractivity contribution < 1.29 is 4.79 Å². The third-order valence-corrected chi connectivity index (χ3v) is 5.65. The molecule has 0 spiro atoms. The molecule has 1 atom stereocenters. The van der Waals surface area contributed by atoms with Gasteiger partial charge in [-0.2, -0.15) is 11.8 Å². The fraction of sp³-hybridized carbons (Fsp3) is 0.357. The Hall–Kier alpha value is -0.720. The molecule has 0 fully saturated rings. The number of amides is 1. The highest BCUT2D eigenvalue weighted by molar-refractivity contribution is 9.10. The van der Waals surface area contributed by atoms with E-state index in [-0.39, 0.29) is 11.9 Å². The van der Waals surface area contributed by atoms with Crippen molar-refractivity contribution in [3.05, 3.63) is 27.5 Å². The first kappa shape index (κ1) is 15.7. The van der Waals surface area contributed by atoms with E-state index in [2.05, 4.69) is 28.2 Å². The van der Waals surface area contributed by atoms with E-state index < -0.39 is 0 Å². The molecule has 2 rings (SSSR count). The van der Waals surface area contributed by atoms with E-state index in [1.807, 2.05) is 36.9 Å². The molecule has 0 saturated heterocycles. The molecule has 0 bridgehead atoms. The molecule has 3 N–H and O–H groups in total. The maximum atomic E-state index is 12.3. The van der Waals surface area contributed by atoms with Gasteiger partial charge in [-0.1, -0.05) is 28.9 Å². The zero-order valence-electron chi connectivity index (χ0n) is 11.4. The van der Waals surface area contributed by atoms with Gasteiger partial charge in [-0.05, 0) is 24.8 Å². The Kier molecular flexibility index (Phi) is 5.35. The van der Waals surface area contributed by atoms with E-state index in [0.717, 1.165) is 26.1 Å². The lowest BCUT2D eigenvalue weighted by Crippen LogP contribution is -2.34. The summed E-state index contributed by atoms with van der Waals surface area (Å²) in [6, 6.07) is 6.01. The van der Waals surface area contributed by atoms with Crippen molar-refractivity contribution in [1.82, 2.24) is 5.32 Å². The van der Waals surface area contributed by atoms with E-state index in [1.165, 1.54) is 11.3 Å². The Labute approximate surface area is 135 Å². The lowest BCUT2D eigenvalue weighted by atomic mass is 10.2. The number of nitrogens with one attached hydrogen (secondary N) is 1. The fourth-order valence-corrected chi connectivity index (χ4v) is 4.14. The number of rotatable bonds is 5. The average Bonchev–Trinajstić information content (AvgIpc) is 2.73. The van der Waals surface area contributed by atoms with Gasteiger partial charge in [0.25, 0.3) is 5.91 Å². The predicted octanol–water partition coefficient (Wildman–Crippen LogP) is 4.12. The van der Waals surface area contributed by atoms with Gasteiger partial charge in [0.15, 0.2) is 0 Å². The molecule has 0 radical (unpaired) electrons. The minimum Gasteiger partial charge on any atom is -0.397 e. The van der Waals surface area contributed by atoms with Crippen molar-refractivity contribution in [2.75, 3.05) is 17.2 Å². The van der Waals surface area contributed by atoms with E-state index in [0.29, 0.717) is 10.6 Å². The Bertz CT molecular complexity index is 627. The molecule has 20 heavy (non-hydrogen) atoms. The highest BCUT2D eigenvalue weighted by atomic mass is 79.9. The van der Waals surface area contributed by atoms with Gasteiger partial charge in [0, 0.05) is 26.4 Å². The molecule has 2 aromatic rings. The zero-order chi connectivity index (χ0) is 14.7. The summed E-state index contributed by atoms with van der Waals surface area (Å²) in [7, 11) is 0. The summed E-state index contributed by atoms with van der Waals surface area (Å²) in [6.07, 6.45) is 0. The second-order valence-electron chi connectivity index (χ2n) is 4.52. The Morgan fingerprint density at radius 2 is 2.30 bits per heavy atom. The van der Waals surface area contributed by atoms with Gasteiger partial charge >= 0.3 is 0 Å². The summed E-state index contributed by atoms with van der Waals surface area (Å²) in [4.78, 5) is 12.9. The molecule has 108 valence electrons. The number of anilines is 1. The molecule has 6 heteroatoms. The van der Waals surface area contributed by atoms with Gasteiger partial charge in [0.05, 0.1) is 5.69 Å². The monoisotopic (exact) mass is 372 g/mol. The summed E-state index contributed by atoms with van der Waals surface area (Å²) in [5.41, 5.74) is 6.67. The Morgan fingerprint density at radius 1 is 1.55 bits per heavy atom. The van der Waals surface area contributed by atoms with Crippen LogP contribution in [0.15, 0.2) is 22.7 Å². The standard InChI is InChI=1S/C14H17BrN2OS2/c1-3-19-7-8(2)17-14(18)13-12(16)10-5-4-9(15)6-11(10)20-13/h4-6,8H,3,7,16H2,1-2H3,(H,17,18). The van der Waals surface area contributed by atoms with Crippen LogP contribution >= 0.6 is 39.0 Å². The number of halogens is 1. The van der Waals surface area contributed by atoms with E-state index >= 15 is 0 Å². The molecule has 1 unspecified atom stereocenters. The number of thiophene rings is 1. The molecule has 0 aliphatic heterocycles. The van der Waals surface area contributed by atoms with E-state index in [4.69, 9.17) is 5.73 Å². The summed E-state index contributed by atoms with van der Waals surface area (Å²) in [5, 5.41) is 3.95. The Balaban J connectivity index is 2.20. The lowest BCUT2D eigenvalue weighted by molar-refractivity contribution is 0.0948. The molecular weight excluding hydrogens is 356 g/mol. The van der Waals surface area contributed by atoms with Gasteiger partial charge in [0.1, 0.15) is 4.88 Å². The van der Waals surface area contributed by atoms with Crippen LogP contribution in [0.4, 0.5) is 5.69 Å². The molecular formula is C14H17BrN2OS2. The zero-order valence-corrected chi connectivity index (χ0v) is 14.6. The van der Waals surface area contributed by atoms with Gasteiger partial charge < -0.3 is 11.1 Å².